The quantitative estimate of drug-likeness (QED) is 0.608. The van der Waals surface area contributed by atoms with Crippen molar-refractivity contribution in [3.8, 4) is 5.75 Å². The van der Waals surface area contributed by atoms with Crippen LogP contribution in [0.3, 0.4) is 0 Å². The summed E-state index contributed by atoms with van der Waals surface area (Å²) in [5.41, 5.74) is 3.81. The molecule has 5 nitrogen and oxygen atoms in total. The lowest BCUT2D eigenvalue weighted by molar-refractivity contribution is -0.118. The molecule has 1 N–H and O–H groups in total. The number of amides is 1. The number of aromatic nitrogens is 1. The van der Waals surface area contributed by atoms with Crippen molar-refractivity contribution in [2.24, 2.45) is 11.8 Å². The molecule has 3 aromatic rings. The molecule has 2 aromatic carbocycles. The Morgan fingerprint density at radius 2 is 1.77 bits per heavy atom. The first-order valence-electron chi connectivity index (χ1n) is 11.0. The standard InChI is InChI=1S/C26H31N3O2/c1-17-10-18(2)13-22(12-17)27-25(30)16-31-23-7-5-6-21-8-9-24(28-26(21)23)29-14-19(3)11-20(4)15-29/h5-10,12-13,19-20H,11,14-16H2,1-4H3,(H,27,30). The number of rotatable bonds is 5. The molecule has 1 saturated heterocycles. The van der Waals surface area contributed by atoms with Gasteiger partial charge in [0, 0.05) is 24.2 Å². The molecule has 1 aromatic heterocycles. The van der Waals surface area contributed by atoms with Gasteiger partial charge in [0.1, 0.15) is 17.1 Å². The van der Waals surface area contributed by atoms with Crippen LogP contribution in [0.25, 0.3) is 10.9 Å². The molecule has 0 bridgehead atoms. The number of aryl methyl sites for hydroxylation is 2. The minimum absolute atomic E-state index is 0.0597. The van der Waals surface area contributed by atoms with Crippen molar-refractivity contribution in [1.82, 2.24) is 4.98 Å². The molecule has 0 spiro atoms. The van der Waals surface area contributed by atoms with E-state index >= 15 is 0 Å². The second kappa shape index (κ2) is 8.96. The normalized spacial score (nSPS) is 18.8. The molecule has 5 heteroatoms. The summed E-state index contributed by atoms with van der Waals surface area (Å²) >= 11 is 0. The molecule has 2 unspecified atom stereocenters. The Kier molecular flexibility index (Phi) is 6.12. The van der Waals surface area contributed by atoms with Crippen molar-refractivity contribution in [2.45, 2.75) is 34.1 Å². The van der Waals surface area contributed by atoms with Crippen LogP contribution in [-0.2, 0) is 4.79 Å². The number of anilines is 2. The SMILES string of the molecule is Cc1cc(C)cc(NC(=O)COc2cccc3ccc(N4CC(C)CC(C)C4)nc23)c1. The van der Waals surface area contributed by atoms with Crippen LogP contribution in [0.1, 0.15) is 31.4 Å². The van der Waals surface area contributed by atoms with Gasteiger partial charge in [0.2, 0.25) is 0 Å². The predicted molar refractivity (Wildman–Crippen MR) is 127 cm³/mol. The van der Waals surface area contributed by atoms with Gasteiger partial charge in [-0.1, -0.05) is 32.0 Å². The largest absolute Gasteiger partial charge is 0.481 e. The minimum Gasteiger partial charge on any atom is -0.481 e. The maximum absolute atomic E-state index is 12.5. The molecule has 1 amide bonds. The first-order valence-corrected chi connectivity index (χ1v) is 11.0. The fourth-order valence-electron chi connectivity index (χ4n) is 4.64. The van der Waals surface area contributed by atoms with E-state index in [2.05, 4.69) is 42.3 Å². The molecular formula is C26H31N3O2. The highest BCUT2D eigenvalue weighted by atomic mass is 16.5. The smallest absolute Gasteiger partial charge is 0.262 e. The average Bonchev–Trinajstić information content (AvgIpc) is 2.70. The predicted octanol–water partition coefficient (Wildman–Crippen LogP) is 5.35. The van der Waals surface area contributed by atoms with Crippen molar-refractivity contribution < 1.29 is 9.53 Å². The fourth-order valence-corrected chi connectivity index (χ4v) is 4.64. The Hall–Kier alpha value is -3.08. The van der Waals surface area contributed by atoms with Gasteiger partial charge in [-0.3, -0.25) is 4.79 Å². The molecule has 4 rings (SSSR count). The highest BCUT2D eigenvalue weighted by Gasteiger charge is 2.23. The number of carbonyl (C=O) groups excluding carboxylic acids is 1. The van der Waals surface area contributed by atoms with Crippen LogP contribution < -0.4 is 15.0 Å². The molecule has 2 atom stereocenters. The number of nitrogens with one attached hydrogen (secondary N) is 1. The van der Waals surface area contributed by atoms with Gasteiger partial charge in [-0.2, -0.15) is 0 Å². The van der Waals surface area contributed by atoms with Crippen molar-refractivity contribution in [2.75, 3.05) is 29.9 Å². The monoisotopic (exact) mass is 417 g/mol. The third kappa shape index (κ3) is 5.16. The van der Waals surface area contributed by atoms with Gasteiger partial charge in [-0.15, -0.1) is 0 Å². The van der Waals surface area contributed by atoms with E-state index in [4.69, 9.17) is 9.72 Å². The summed E-state index contributed by atoms with van der Waals surface area (Å²) in [7, 11) is 0. The first-order chi connectivity index (χ1) is 14.9. The Balaban J connectivity index is 1.50. The van der Waals surface area contributed by atoms with E-state index in [1.807, 2.05) is 44.2 Å². The van der Waals surface area contributed by atoms with Gasteiger partial charge in [-0.05, 0) is 73.6 Å². The van der Waals surface area contributed by atoms with Crippen molar-refractivity contribution in [1.29, 1.82) is 0 Å². The Bertz CT molecular complexity index is 1060. The number of pyridine rings is 1. The van der Waals surface area contributed by atoms with E-state index in [1.54, 1.807) is 0 Å². The molecule has 2 heterocycles. The number of hydrogen-bond acceptors (Lipinski definition) is 4. The van der Waals surface area contributed by atoms with Gasteiger partial charge in [0.15, 0.2) is 6.61 Å². The molecule has 1 aliphatic heterocycles. The summed E-state index contributed by atoms with van der Waals surface area (Å²) in [4.78, 5) is 19.8. The summed E-state index contributed by atoms with van der Waals surface area (Å²) < 4.78 is 5.91. The zero-order chi connectivity index (χ0) is 22.0. The maximum atomic E-state index is 12.5. The summed E-state index contributed by atoms with van der Waals surface area (Å²) in [6, 6.07) is 16.0. The third-order valence-corrected chi connectivity index (χ3v) is 5.73. The number of benzene rings is 2. The summed E-state index contributed by atoms with van der Waals surface area (Å²) in [5, 5.41) is 3.93. The molecule has 0 aliphatic carbocycles. The highest BCUT2D eigenvalue weighted by Crippen LogP contribution is 2.30. The Morgan fingerprint density at radius 1 is 1.06 bits per heavy atom. The molecular weight excluding hydrogens is 386 g/mol. The molecule has 0 saturated carbocycles. The molecule has 1 aliphatic rings. The van der Waals surface area contributed by atoms with Crippen molar-refractivity contribution >= 4 is 28.3 Å². The van der Waals surface area contributed by atoms with E-state index in [-0.39, 0.29) is 12.5 Å². The maximum Gasteiger partial charge on any atom is 0.262 e. The third-order valence-electron chi connectivity index (χ3n) is 5.73. The van der Waals surface area contributed by atoms with Crippen LogP contribution in [0, 0.1) is 25.7 Å². The number of piperidine rings is 1. The lowest BCUT2D eigenvalue weighted by atomic mass is 9.92. The number of ether oxygens (including phenoxy) is 1. The number of nitrogens with zero attached hydrogens (tertiary/aromatic N) is 2. The van der Waals surface area contributed by atoms with Crippen LogP contribution in [0.5, 0.6) is 5.75 Å². The van der Waals surface area contributed by atoms with E-state index in [0.717, 1.165) is 46.6 Å². The molecule has 31 heavy (non-hydrogen) atoms. The first kappa shape index (κ1) is 21.2. The number of para-hydroxylation sites is 1. The second-order valence-corrected chi connectivity index (χ2v) is 9.06. The van der Waals surface area contributed by atoms with Gasteiger partial charge in [-0.25, -0.2) is 4.98 Å². The van der Waals surface area contributed by atoms with Crippen molar-refractivity contribution in [3.05, 3.63) is 59.7 Å². The van der Waals surface area contributed by atoms with Crippen LogP contribution in [0.4, 0.5) is 11.5 Å². The van der Waals surface area contributed by atoms with Gasteiger partial charge < -0.3 is 15.0 Å². The number of fused-ring (bicyclic) bond motifs is 1. The molecule has 162 valence electrons. The van der Waals surface area contributed by atoms with E-state index in [0.29, 0.717) is 17.6 Å². The van der Waals surface area contributed by atoms with Crippen LogP contribution in [0.15, 0.2) is 48.5 Å². The zero-order valence-electron chi connectivity index (χ0n) is 18.8. The summed E-state index contributed by atoms with van der Waals surface area (Å²) in [6.07, 6.45) is 1.26. The second-order valence-electron chi connectivity index (χ2n) is 9.06. The Labute approximate surface area is 184 Å². The van der Waals surface area contributed by atoms with Crippen LogP contribution >= 0.6 is 0 Å². The summed E-state index contributed by atoms with van der Waals surface area (Å²) in [6.45, 7) is 10.6. The lowest BCUT2D eigenvalue weighted by Gasteiger charge is -2.35. The van der Waals surface area contributed by atoms with Crippen molar-refractivity contribution in [3.63, 3.8) is 0 Å². The molecule has 0 radical (unpaired) electrons. The van der Waals surface area contributed by atoms with E-state index < -0.39 is 0 Å². The zero-order valence-corrected chi connectivity index (χ0v) is 18.8. The Morgan fingerprint density at radius 3 is 2.48 bits per heavy atom. The van der Waals surface area contributed by atoms with Crippen LogP contribution in [-0.4, -0.2) is 30.6 Å². The average molecular weight is 418 g/mol. The van der Waals surface area contributed by atoms with Gasteiger partial charge >= 0.3 is 0 Å². The number of carbonyl (C=O) groups is 1. The van der Waals surface area contributed by atoms with E-state index in [9.17, 15) is 4.79 Å². The fraction of sp³-hybridized carbons (Fsp3) is 0.385. The number of hydrogen-bond donors (Lipinski definition) is 1. The van der Waals surface area contributed by atoms with E-state index in [1.165, 1.54) is 6.42 Å². The lowest BCUT2D eigenvalue weighted by Crippen LogP contribution is -2.39. The minimum atomic E-state index is -0.183. The van der Waals surface area contributed by atoms with Gasteiger partial charge in [0.05, 0.1) is 0 Å². The van der Waals surface area contributed by atoms with Crippen LogP contribution in [0.2, 0.25) is 0 Å². The summed E-state index contributed by atoms with van der Waals surface area (Å²) in [5.74, 6) is 2.73. The highest BCUT2D eigenvalue weighted by molar-refractivity contribution is 5.92. The van der Waals surface area contributed by atoms with Gasteiger partial charge in [0.25, 0.3) is 5.91 Å². The molecule has 1 fully saturated rings. The topological polar surface area (TPSA) is 54.5 Å².